The molecule has 1 fully saturated rings. The van der Waals surface area contributed by atoms with Crippen LogP contribution in [-0.2, 0) is 10.0 Å². The summed E-state index contributed by atoms with van der Waals surface area (Å²) in [7, 11) is -3.66. The van der Waals surface area contributed by atoms with Gasteiger partial charge in [-0.15, -0.1) is 0 Å². The predicted octanol–water partition coefficient (Wildman–Crippen LogP) is 2.50. The Morgan fingerprint density at radius 1 is 1.17 bits per heavy atom. The molecule has 4 nitrogen and oxygen atoms in total. The van der Waals surface area contributed by atoms with Crippen LogP contribution in [0.15, 0.2) is 53.4 Å². The second-order valence-corrected chi connectivity index (χ2v) is 8.15. The molecule has 24 heavy (non-hydrogen) atoms. The lowest BCUT2D eigenvalue weighted by atomic mass is 9.89. The van der Waals surface area contributed by atoms with E-state index in [4.69, 9.17) is 5.73 Å². The number of benzene rings is 2. The summed E-state index contributed by atoms with van der Waals surface area (Å²) in [6.45, 7) is 2.81. The van der Waals surface area contributed by atoms with Crippen molar-refractivity contribution in [1.82, 2.24) is 4.31 Å². The number of nitrogens with zero attached hydrogens (tertiary/aromatic N) is 1. The lowest BCUT2D eigenvalue weighted by Gasteiger charge is -2.18. The topological polar surface area (TPSA) is 63.4 Å². The van der Waals surface area contributed by atoms with Gasteiger partial charge in [-0.25, -0.2) is 12.8 Å². The van der Waals surface area contributed by atoms with Gasteiger partial charge in [-0.2, -0.15) is 4.31 Å². The van der Waals surface area contributed by atoms with E-state index in [0.29, 0.717) is 25.2 Å². The smallest absolute Gasteiger partial charge is 0.243 e. The first-order valence-corrected chi connectivity index (χ1v) is 9.39. The van der Waals surface area contributed by atoms with E-state index < -0.39 is 15.8 Å². The maximum Gasteiger partial charge on any atom is 0.243 e. The Labute approximate surface area is 142 Å². The standard InChI is InChI=1S/C18H21FN2O2S/c1-13-9-16(19)7-8-18(13)24(22,23)21-11-15(10-20)17(12-21)14-5-3-2-4-6-14/h2-9,15,17H,10-12,20H2,1H3/t15-,17+/m1/s1. The van der Waals surface area contributed by atoms with Crippen molar-refractivity contribution in [2.24, 2.45) is 11.7 Å². The molecule has 0 unspecified atom stereocenters. The number of sulfonamides is 1. The van der Waals surface area contributed by atoms with Crippen LogP contribution in [0.2, 0.25) is 0 Å². The first-order valence-electron chi connectivity index (χ1n) is 7.95. The molecule has 6 heteroatoms. The van der Waals surface area contributed by atoms with Gasteiger partial charge in [-0.1, -0.05) is 30.3 Å². The molecular formula is C18H21FN2O2S. The summed E-state index contributed by atoms with van der Waals surface area (Å²) in [6.07, 6.45) is 0. The number of aryl methyl sites for hydroxylation is 1. The zero-order valence-electron chi connectivity index (χ0n) is 13.5. The molecule has 2 aromatic carbocycles. The van der Waals surface area contributed by atoms with Gasteiger partial charge in [0.15, 0.2) is 0 Å². The third-order valence-electron chi connectivity index (χ3n) is 4.69. The maximum absolute atomic E-state index is 13.3. The van der Waals surface area contributed by atoms with Gasteiger partial charge in [0, 0.05) is 19.0 Å². The highest BCUT2D eigenvalue weighted by molar-refractivity contribution is 7.89. The van der Waals surface area contributed by atoms with Crippen LogP contribution in [0.5, 0.6) is 0 Å². The largest absolute Gasteiger partial charge is 0.330 e. The van der Waals surface area contributed by atoms with Crippen LogP contribution >= 0.6 is 0 Å². The molecule has 1 aliphatic heterocycles. The summed E-state index contributed by atoms with van der Waals surface area (Å²) < 4.78 is 40.7. The van der Waals surface area contributed by atoms with Crippen molar-refractivity contribution >= 4 is 10.0 Å². The van der Waals surface area contributed by atoms with Gasteiger partial charge in [0.2, 0.25) is 10.0 Å². The second kappa shape index (κ2) is 6.63. The maximum atomic E-state index is 13.3. The van der Waals surface area contributed by atoms with E-state index in [2.05, 4.69) is 0 Å². The number of hydrogen-bond acceptors (Lipinski definition) is 3. The molecule has 0 radical (unpaired) electrons. The molecule has 128 valence electrons. The molecule has 0 aliphatic carbocycles. The van der Waals surface area contributed by atoms with Crippen molar-refractivity contribution in [3.63, 3.8) is 0 Å². The summed E-state index contributed by atoms with van der Waals surface area (Å²) in [6, 6.07) is 13.6. The van der Waals surface area contributed by atoms with Crippen molar-refractivity contribution in [2.45, 2.75) is 17.7 Å². The van der Waals surface area contributed by atoms with Crippen LogP contribution in [0.25, 0.3) is 0 Å². The van der Waals surface area contributed by atoms with Crippen LogP contribution in [0.1, 0.15) is 17.0 Å². The average Bonchev–Trinajstić information content (AvgIpc) is 3.00. The van der Waals surface area contributed by atoms with E-state index in [1.165, 1.54) is 22.5 Å². The van der Waals surface area contributed by atoms with Crippen LogP contribution in [0.3, 0.4) is 0 Å². The van der Waals surface area contributed by atoms with Gasteiger partial charge >= 0.3 is 0 Å². The van der Waals surface area contributed by atoms with E-state index in [1.807, 2.05) is 30.3 Å². The van der Waals surface area contributed by atoms with Crippen molar-refractivity contribution in [3.8, 4) is 0 Å². The third-order valence-corrected chi connectivity index (χ3v) is 6.68. The molecule has 0 spiro atoms. The first kappa shape index (κ1) is 17.1. The summed E-state index contributed by atoms with van der Waals surface area (Å²) in [5, 5.41) is 0. The highest BCUT2D eigenvalue weighted by Crippen LogP contribution is 2.35. The summed E-state index contributed by atoms with van der Waals surface area (Å²) in [5.41, 5.74) is 7.40. The predicted molar refractivity (Wildman–Crippen MR) is 91.6 cm³/mol. The zero-order valence-corrected chi connectivity index (χ0v) is 14.3. The van der Waals surface area contributed by atoms with Gasteiger partial charge < -0.3 is 5.73 Å². The molecule has 2 aromatic rings. The summed E-state index contributed by atoms with van der Waals surface area (Å²) in [5.74, 6) is -0.287. The van der Waals surface area contributed by atoms with Crippen LogP contribution in [0.4, 0.5) is 4.39 Å². The molecule has 2 N–H and O–H groups in total. The Bertz CT molecular complexity index is 824. The highest BCUT2D eigenvalue weighted by atomic mass is 32.2. The molecule has 0 aromatic heterocycles. The molecule has 0 saturated carbocycles. The zero-order chi connectivity index (χ0) is 17.3. The molecule has 0 bridgehead atoms. The fourth-order valence-electron chi connectivity index (χ4n) is 3.39. The van der Waals surface area contributed by atoms with E-state index >= 15 is 0 Å². The van der Waals surface area contributed by atoms with E-state index in [1.54, 1.807) is 6.92 Å². The Balaban J connectivity index is 1.92. The van der Waals surface area contributed by atoms with Crippen LogP contribution in [-0.4, -0.2) is 32.4 Å². The minimum absolute atomic E-state index is 0.0722. The van der Waals surface area contributed by atoms with E-state index in [9.17, 15) is 12.8 Å². The van der Waals surface area contributed by atoms with E-state index in [-0.39, 0.29) is 16.7 Å². The molecule has 1 saturated heterocycles. The first-order chi connectivity index (χ1) is 11.4. The normalized spacial score (nSPS) is 22.0. The lowest BCUT2D eigenvalue weighted by molar-refractivity contribution is 0.458. The van der Waals surface area contributed by atoms with Gasteiger partial charge in [-0.05, 0) is 48.7 Å². The van der Waals surface area contributed by atoms with Crippen molar-refractivity contribution in [2.75, 3.05) is 19.6 Å². The fourth-order valence-corrected chi connectivity index (χ4v) is 5.11. The van der Waals surface area contributed by atoms with Gasteiger partial charge in [0.05, 0.1) is 4.90 Å². The monoisotopic (exact) mass is 348 g/mol. The second-order valence-electron chi connectivity index (χ2n) is 6.24. The van der Waals surface area contributed by atoms with Gasteiger partial charge in [0.1, 0.15) is 5.82 Å². The van der Waals surface area contributed by atoms with Crippen LogP contribution < -0.4 is 5.73 Å². The summed E-state index contributed by atoms with van der Waals surface area (Å²) in [4.78, 5) is 0.161. The molecule has 3 rings (SSSR count). The van der Waals surface area contributed by atoms with Crippen molar-refractivity contribution in [3.05, 3.63) is 65.5 Å². The Morgan fingerprint density at radius 3 is 2.50 bits per heavy atom. The average molecular weight is 348 g/mol. The quantitative estimate of drug-likeness (QED) is 0.923. The van der Waals surface area contributed by atoms with Crippen LogP contribution in [0, 0.1) is 18.7 Å². The number of halogens is 1. The Hall–Kier alpha value is -1.76. The molecule has 2 atom stereocenters. The molecule has 1 heterocycles. The van der Waals surface area contributed by atoms with Gasteiger partial charge in [0.25, 0.3) is 0 Å². The molecule has 1 aliphatic rings. The number of nitrogens with two attached hydrogens (primary N) is 1. The van der Waals surface area contributed by atoms with Crippen molar-refractivity contribution in [1.29, 1.82) is 0 Å². The SMILES string of the molecule is Cc1cc(F)ccc1S(=O)(=O)N1C[C@@H](CN)[C@H](c2ccccc2)C1. The lowest BCUT2D eigenvalue weighted by Crippen LogP contribution is -2.30. The highest BCUT2D eigenvalue weighted by Gasteiger charge is 2.39. The number of hydrogen-bond donors (Lipinski definition) is 1. The third kappa shape index (κ3) is 3.09. The van der Waals surface area contributed by atoms with Crippen molar-refractivity contribution < 1.29 is 12.8 Å². The number of rotatable bonds is 4. The minimum Gasteiger partial charge on any atom is -0.330 e. The van der Waals surface area contributed by atoms with E-state index in [0.717, 1.165) is 5.56 Å². The molecular weight excluding hydrogens is 327 g/mol. The Kier molecular flexibility index (Phi) is 4.71. The fraction of sp³-hybridized carbons (Fsp3) is 0.333. The molecule has 0 amide bonds. The Morgan fingerprint density at radius 2 is 1.88 bits per heavy atom. The minimum atomic E-state index is -3.66. The van der Waals surface area contributed by atoms with Gasteiger partial charge in [-0.3, -0.25) is 0 Å². The summed E-state index contributed by atoms with van der Waals surface area (Å²) >= 11 is 0.